The summed E-state index contributed by atoms with van der Waals surface area (Å²) in [4.78, 5) is 0. The maximum Gasteiger partial charge on any atom is 0.123 e. The van der Waals surface area contributed by atoms with Crippen molar-refractivity contribution in [1.82, 2.24) is 0 Å². The Hall–Kier alpha value is -1.57. The molecule has 1 heterocycles. The minimum absolute atomic E-state index is 0.191. The molecule has 0 amide bonds. The average molecular weight is 230 g/mol. The fourth-order valence-corrected chi connectivity index (χ4v) is 2.70. The largest absolute Gasteiger partial charge is 0.465 e. The predicted molar refractivity (Wildman–Crippen MR) is 65.5 cm³/mol. The highest BCUT2D eigenvalue weighted by Crippen LogP contribution is 2.36. The smallest absolute Gasteiger partial charge is 0.123 e. The molecule has 2 aromatic rings. The number of rotatable bonds is 1. The van der Waals surface area contributed by atoms with E-state index >= 15 is 0 Å². The number of aryl methyl sites for hydroxylation is 2. The molecule has 0 atom stereocenters. The van der Waals surface area contributed by atoms with Gasteiger partial charge in [0.05, 0.1) is 0 Å². The molecule has 0 saturated heterocycles. The Morgan fingerprint density at radius 2 is 1.76 bits per heavy atom. The van der Waals surface area contributed by atoms with Crippen LogP contribution in [0.3, 0.4) is 0 Å². The lowest BCUT2D eigenvalue weighted by molar-refractivity contribution is 0.458. The van der Waals surface area contributed by atoms with Gasteiger partial charge >= 0.3 is 0 Å². The van der Waals surface area contributed by atoms with Crippen molar-refractivity contribution in [2.75, 3.05) is 0 Å². The molecule has 1 aliphatic carbocycles. The second-order valence-corrected chi connectivity index (χ2v) is 4.65. The fourth-order valence-electron chi connectivity index (χ4n) is 2.70. The summed E-state index contributed by atoms with van der Waals surface area (Å²) in [6, 6.07) is 6.69. The zero-order valence-corrected chi connectivity index (χ0v) is 9.92. The van der Waals surface area contributed by atoms with Crippen molar-refractivity contribution in [2.24, 2.45) is 0 Å². The average Bonchev–Trinajstić information content (AvgIpc) is 2.66. The van der Waals surface area contributed by atoms with Gasteiger partial charge in [0, 0.05) is 17.5 Å². The van der Waals surface area contributed by atoms with Crippen molar-refractivity contribution in [3.05, 3.63) is 47.2 Å². The number of hydrogen-bond donors (Lipinski definition) is 0. The molecular weight excluding hydrogens is 215 g/mol. The van der Waals surface area contributed by atoms with Gasteiger partial charge in [0.15, 0.2) is 0 Å². The summed E-state index contributed by atoms with van der Waals surface area (Å²) in [5.74, 6) is 1.90. The first kappa shape index (κ1) is 10.6. The van der Waals surface area contributed by atoms with Gasteiger partial charge in [-0.1, -0.05) is 12.1 Å². The molecule has 0 saturated carbocycles. The molecule has 0 N–H and O–H groups in total. The van der Waals surface area contributed by atoms with Crippen LogP contribution >= 0.6 is 0 Å². The number of hydrogen-bond acceptors (Lipinski definition) is 1. The van der Waals surface area contributed by atoms with Gasteiger partial charge in [-0.15, -0.1) is 0 Å². The first-order valence-electron chi connectivity index (χ1n) is 6.13. The summed E-state index contributed by atoms with van der Waals surface area (Å²) < 4.78 is 18.8. The van der Waals surface area contributed by atoms with Crippen LogP contribution in [0.25, 0.3) is 11.1 Å². The van der Waals surface area contributed by atoms with E-state index in [1.807, 2.05) is 19.1 Å². The molecule has 3 rings (SSSR count). The Kier molecular flexibility index (Phi) is 2.50. The monoisotopic (exact) mass is 230 g/mol. The van der Waals surface area contributed by atoms with Gasteiger partial charge in [0.1, 0.15) is 17.3 Å². The number of benzene rings is 1. The van der Waals surface area contributed by atoms with Crippen LogP contribution < -0.4 is 0 Å². The van der Waals surface area contributed by atoms with Gasteiger partial charge in [0.2, 0.25) is 0 Å². The minimum atomic E-state index is -0.191. The van der Waals surface area contributed by atoms with E-state index in [-0.39, 0.29) is 5.82 Å². The van der Waals surface area contributed by atoms with Crippen LogP contribution in [-0.4, -0.2) is 0 Å². The Morgan fingerprint density at radius 3 is 2.53 bits per heavy atom. The Labute approximate surface area is 100 Å². The van der Waals surface area contributed by atoms with Crippen LogP contribution in [0.2, 0.25) is 0 Å². The zero-order chi connectivity index (χ0) is 11.8. The second-order valence-electron chi connectivity index (χ2n) is 4.65. The van der Waals surface area contributed by atoms with Crippen molar-refractivity contribution < 1.29 is 8.81 Å². The lowest BCUT2D eigenvalue weighted by atomic mass is 9.91. The topological polar surface area (TPSA) is 13.1 Å². The van der Waals surface area contributed by atoms with E-state index in [0.717, 1.165) is 29.9 Å². The highest BCUT2D eigenvalue weighted by molar-refractivity contribution is 5.70. The predicted octanol–water partition coefficient (Wildman–Crippen LogP) is 4.27. The molecule has 1 aromatic heterocycles. The third-order valence-electron chi connectivity index (χ3n) is 3.48. The van der Waals surface area contributed by atoms with E-state index in [2.05, 4.69) is 0 Å². The van der Waals surface area contributed by atoms with E-state index in [1.54, 1.807) is 0 Å². The van der Waals surface area contributed by atoms with Crippen molar-refractivity contribution in [1.29, 1.82) is 0 Å². The zero-order valence-electron chi connectivity index (χ0n) is 9.92. The van der Waals surface area contributed by atoms with E-state index in [4.69, 9.17) is 4.42 Å². The highest BCUT2D eigenvalue weighted by atomic mass is 19.1. The van der Waals surface area contributed by atoms with Crippen LogP contribution in [-0.2, 0) is 12.8 Å². The number of furan rings is 1. The summed E-state index contributed by atoms with van der Waals surface area (Å²) in [6.07, 6.45) is 4.56. The molecule has 17 heavy (non-hydrogen) atoms. The van der Waals surface area contributed by atoms with Crippen molar-refractivity contribution >= 4 is 0 Å². The Morgan fingerprint density at radius 1 is 1.06 bits per heavy atom. The summed E-state index contributed by atoms with van der Waals surface area (Å²) in [6.45, 7) is 2.00. The van der Waals surface area contributed by atoms with Gasteiger partial charge in [-0.05, 0) is 43.9 Å². The molecule has 0 radical (unpaired) electrons. The van der Waals surface area contributed by atoms with Gasteiger partial charge in [0.25, 0.3) is 0 Å². The molecule has 88 valence electrons. The van der Waals surface area contributed by atoms with Crippen LogP contribution in [0, 0.1) is 12.7 Å². The molecule has 0 unspecified atom stereocenters. The molecule has 2 heteroatoms. The SMILES string of the molecule is Cc1oc2c(c1-c1ccc(F)cc1)CCCC2. The van der Waals surface area contributed by atoms with E-state index in [9.17, 15) is 4.39 Å². The third-order valence-corrected chi connectivity index (χ3v) is 3.48. The molecule has 1 nitrogen and oxygen atoms in total. The van der Waals surface area contributed by atoms with Crippen LogP contribution in [0.4, 0.5) is 4.39 Å². The first-order valence-corrected chi connectivity index (χ1v) is 6.13. The van der Waals surface area contributed by atoms with Gasteiger partial charge in [-0.25, -0.2) is 4.39 Å². The maximum absolute atomic E-state index is 12.9. The highest BCUT2D eigenvalue weighted by Gasteiger charge is 2.21. The molecule has 1 aliphatic rings. The normalized spacial score (nSPS) is 14.7. The van der Waals surface area contributed by atoms with E-state index in [1.165, 1.54) is 36.1 Å². The number of halogens is 1. The summed E-state index contributed by atoms with van der Waals surface area (Å²) in [7, 11) is 0. The minimum Gasteiger partial charge on any atom is -0.465 e. The van der Waals surface area contributed by atoms with Gasteiger partial charge in [-0.3, -0.25) is 0 Å². The van der Waals surface area contributed by atoms with Crippen LogP contribution in [0.15, 0.2) is 28.7 Å². The molecule has 0 bridgehead atoms. The van der Waals surface area contributed by atoms with Crippen LogP contribution in [0.1, 0.15) is 29.9 Å². The molecule has 0 fully saturated rings. The second kappa shape index (κ2) is 4.02. The molecule has 0 spiro atoms. The quantitative estimate of drug-likeness (QED) is 0.713. The molecule has 1 aromatic carbocycles. The summed E-state index contributed by atoms with van der Waals surface area (Å²) in [5, 5.41) is 0. The Balaban J connectivity index is 2.13. The molecule has 0 aliphatic heterocycles. The third kappa shape index (κ3) is 1.78. The van der Waals surface area contributed by atoms with Crippen molar-refractivity contribution in [3.63, 3.8) is 0 Å². The molecular formula is C15H15FO. The lowest BCUT2D eigenvalue weighted by Crippen LogP contribution is -1.99. The van der Waals surface area contributed by atoms with E-state index in [0.29, 0.717) is 0 Å². The lowest BCUT2D eigenvalue weighted by Gasteiger charge is -2.11. The Bertz CT molecular complexity index is 537. The van der Waals surface area contributed by atoms with E-state index < -0.39 is 0 Å². The number of fused-ring (bicyclic) bond motifs is 1. The van der Waals surface area contributed by atoms with Gasteiger partial charge in [-0.2, -0.15) is 0 Å². The summed E-state index contributed by atoms with van der Waals surface area (Å²) >= 11 is 0. The summed E-state index contributed by atoms with van der Waals surface area (Å²) in [5.41, 5.74) is 3.58. The van der Waals surface area contributed by atoms with Crippen molar-refractivity contribution in [3.8, 4) is 11.1 Å². The fraction of sp³-hybridized carbons (Fsp3) is 0.333. The first-order chi connectivity index (χ1) is 8.25. The standard InChI is InChI=1S/C15H15FO/c1-10-15(11-6-8-12(16)9-7-11)13-4-2-3-5-14(13)17-10/h6-9H,2-5H2,1H3. The van der Waals surface area contributed by atoms with Gasteiger partial charge < -0.3 is 4.42 Å². The van der Waals surface area contributed by atoms with Crippen molar-refractivity contribution in [2.45, 2.75) is 32.6 Å². The maximum atomic E-state index is 12.9. The van der Waals surface area contributed by atoms with Crippen LogP contribution in [0.5, 0.6) is 0 Å².